The molecule has 3 rings (SSSR count). The average Bonchev–Trinajstić information content (AvgIpc) is 2.97. The Balaban J connectivity index is 1.74. The second-order valence-corrected chi connectivity index (χ2v) is 6.36. The molecule has 130 valence electrons. The molecule has 0 aliphatic rings. The van der Waals surface area contributed by atoms with Crippen LogP contribution in [0.4, 0.5) is 5.82 Å². The van der Waals surface area contributed by atoms with Crippen LogP contribution in [-0.2, 0) is 4.79 Å². The number of anilines is 1. The largest absolute Gasteiger partial charge is 0.481 e. The third kappa shape index (κ3) is 3.63. The summed E-state index contributed by atoms with van der Waals surface area (Å²) in [5, 5.41) is 10.5. The molecule has 0 saturated heterocycles. The van der Waals surface area contributed by atoms with Crippen LogP contribution < -0.4 is 10.1 Å². The fraction of sp³-hybridized carbons (Fsp3) is 0.316. The van der Waals surface area contributed by atoms with E-state index in [9.17, 15) is 4.79 Å². The van der Waals surface area contributed by atoms with Gasteiger partial charge in [0.1, 0.15) is 5.75 Å². The molecule has 3 aromatic rings. The lowest BCUT2D eigenvalue weighted by Gasteiger charge is -2.18. The van der Waals surface area contributed by atoms with Gasteiger partial charge in [-0.25, -0.2) is 4.98 Å². The van der Waals surface area contributed by atoms with Crippen LogP contribution in [0.5, 0.6) is 5.75 Å². The van der Waals surface area contributed by atoms with Gasteiger partial charge >= 0.3 is 0 Å². The zero-order chi connectivity index (χ0) is 18.0. The molecule has 0 bridgehead atoms. The molecule has 0 aliphatic heterocycles. The number of rotatable bonds is 5. The molecule has 1 aromatic carbocycles. The van der Waals surface area contributed by atoms with Gasteiger partial charge in [-0.3, -0.25) is 9.89 Å². The summed E-state index contributed by atoms with van der Waals surface area (Å²) in [7, 11) is 0. The Kier molecular flexibility index (Phi) is 4.70. The number of hydrogen-bond donors (Lipinski definition) is 2. The quantitative estimate of drug-likeness (QED) is 0.741. The summed E-state index contributed by atoms with van der Waals surface area (Å²) in [4.78, 5) is 16.8. The summed E-state index contributed by atoms with van der Waals surface area (Å²) in [6, 6.07) is 11.5. The lowest BCUT2D eigenvalue weighted by molar-refractivity contribution is -0.122. The van der Waals surface area contributed by atoms with Gasteiger partial charge in [-0.2, -0.15) is 5.10 Å². The molecule has 0 radical (unpaired) electrons. The molecule has 6 nitrogen and oxygen atoms in total. The van der Waals surface area contributed by atoms with Crippen molar-refractivity contribution in [3.05, 3.63) is 47.7 Å². The number of nitrogens with one attached hydrogen (secondary N) is 2. The van der Waals surface area contributed by atoms with Crippen LogP contribution in [0.3, 0.4) is 0 Å². The molecule has 1 amide bonds. The standard InChI is InChI=1S/C19H22N4O2/c1-11(2)14-7-5-6-8-16(14)25-13(4)19(24)21-18-15-10-9-12(3)20-17(15)22-23-18/h5-11,13H,1-4H3,(H2,20,21,22,23,24). The number of para-hydroxylation sites is 1. The number of benzene rings is 1. The summed E-state index contributed by atoms with van der Waals surface area (Å²) < 4.78 is 5.88. The fourth-order valence-electron chi connectivity index (χ4n) is 2.62. The van der Waals surface area contributed by atoms with E-state index in [-0.39, 0.29) is 5.91 Å². The van der Waals surface area contributed by atoms with Gasteiger partial charge in [0.15, 0.2) is 17.6 Å². The first kappa shape index (κ1) is 17.0. The van der Waals surface area contributed by atoms with Crippen molar-refractivity contribution in [2.24, 2.45) is 0 Å². The predicted molar refractivity (Wildman–Crippen MR) is 97.9 cm³/mol. The number of aromatic nitrogens is 3. The lowest BCUT2D eigenvalue weighted by atomic mass is 10.0. The molecule has 1 atom stereocenters. The summed E-state index contributed by atoms with van der Waals surface area (Å²) in [5.74, 6) is 1.24. The number of hydrogen-bond acceptors (Lipinski definition) is 4. The smallest absolute Gasteiger partial charge is 0.266 e. The van der Waals surface area contributed by atoms with Gasteiger partial charge in [0.2, 0.25) is 0 Å². The van der Waals surface area contributed by atoms with Crippen molar-refractivity contribution in [3.8, 4) is 5.75 Å². The first-order valence-corrected chi connectivity index (χ1v) is 8.34. The Morgan fingerprint density at radius 3 is 2.68 bits per heavy atom. The van der Waals surface area contributed by atoms with Crippen molar-refractivity contribution in [2.75, 3.05) is 5.32 Å². The summed E-state index contributed by atoms with van der Waals surface area (Å²) in [6.07, 6.45) is -0.648. The third-order valence-corrected chi connectivity index (χ3v) is 4.02. The molecule has 1 unspecified atom stereocenters. The first-order chi connectivity index (χ1) is 12.0. The molecular weight excluding hydrogens is 316 g/mol. The number of pyridine rings is 1. The predicted octanol–water partition coefficient (Wildman–Crippen LogP) is 3.80. The van der Waals surface area contributed by atoms with Crippen LogP contribution in [0.2, 0.25) is 0 Å². The Bertz CT molecular complexity index is 901. The van der Waals surface area contributed by atoms with E-state index in [2.05, 4.69) is 34.3 Å². The number of aromatic amines is 1. The molecule has 0 spiro atoms. The van der Waals surface area contributed by atoms with Crippen molar-refractivity contribution < 1.29 is 9.53 Å². The highest BCUT2D eigenvalue weighted by molar-refractivity contribution is 6.00. The van der Waals surface area contributed by atoms with Gasteiger partial charge in [0, 0.05) is 5.69 Å². The third-order valence-electron chi connectivity index (χ3n) is 4.02. The number of H-pyrrole nitrogens is 1. The normalized spacial score (nSPS) is 12.4. The van der Waals surface area contributed by atoms with Gasteiger partial charge in [-0.1, -0.05) is 32.0 Å². The number of ether oxygens (including phenoxy) is 1. The van der Waals surface area contributed by atoms with Crippen LogP contribution in [0, 0.1) is 6.92 Å². The lowest BCUT2D eigenvalue weighted by Crippen LogP contribution is -2.30. The van der Waals surface area contributed by atoms with Crippen molar-refractivity contribution in [1.29, 1.82) is 0 Å². The minimum Gasteiger partial charge on any atom is -0.481 e. The molecule has 0 aliphatic carbocycles. The summed E-state index contributed by atoms with van der Waals surface area (Å²) in [5.41, 5.74) is 2.61. The van der Waals surface area contributed by atoms with E-state index in [1.807, 2.05) is 43.3 Å². The molecule has 2 N–H and O–H groups in total. The fourth-order valence-corrected chi connectivity index (χ4v) is 2.62. The number of amides is 1. The van der Waals surface area contributed by atoms with Crippen LogP contribution in [0.15, 0.2) is 36.4 Å². The van der Waals surface area contributed by atoms with Gasteiger partial charge in [-0.15, -0.1) is 0 Å². The Morgan fingerprint density at radius 2 is 1.92 bits per heavy atom. The minimum absolute atomic E-state index is 0.257. The Labute approximate surface area is 146 Å². The van der Waals surface area contributed by atoms with Gasteiger partial charge in [0.05, 0.1) is 5.39 Å². The average molecular weight is 338 g/mol. The van der Waals surface area contributed by atoms with Crippen molar-refractivity contribution in [2.45, 2.75) is 39.7 Å². The van der Waals surface area contributed by atoms with Gasteiger partial charge < -0.3 is 10.1 Å². The number of aryl methyl sites for hydroxylation is 1. The van der Waals surface area contributed by atoms with Crippen LogP contribution in [0.25, 0.3) is 11.0 Å². The van der Waals surface area contributed by atoms with Crippen molar-refractivity contribution in [3.63, 3.8) is 0 Å². The number of nitrogens with zero attached hydrogens (tertiary/aromatic N) is 2. The van der Waals surface area contributed by atoms with E-state index in [0.29, 0.717) is 17.4 Å². The molecule has 2 heterocycles. The van der Waals surface area contributed by atoms with Crippen molar-refractivity contribution >= 4 is 22.8 Å². The molecule has 6 heteroatoms. The van der Waals surface area contributed by atoms with Crippen LogP contribution >= 0.6 is 0 Å². The number of carbonyl (C=O) groups excluding carboxylic acids is 1. The van der Waals surface area contributed by atoms with Gasteiger partial charge in [-0.05, 0) is 43.5 Å². The second-order valence-electron chi connectivity index (χ2n) is 6.36. The topological polar surface area (TPSA) is 79.9 Å². The Hall–Kier alpha value is -2.89. The summed E-state index contributed by atoms with van der Waals surface area (Å²) in [6.45, 7) is 7.82. The van der Waals surface area contributed by atoms with E-state index < -0.39 is 6.10 Å². The van der Waals surface area contributed by atoms with E-state index in [0.717, 1.165) is 22.4 Å². The maximum absolute atomic E-state index is 12.5. The van der Waals surface area contributed by atoms with E-state index >= 15 is 0 Å². The summed E-state index contributed by atoms with van der Waals surface area (Å²) >= 11 is 0. The molecular formula is C19H22N4O2. The molecule has 0 saturated carbocycles. The molecule has 25 heavy (non-hydrogen) atoms. The molecule has 2 aromatic heterocycles. The van der Waals surface area contributed by atoms with Crippen LogP contribution in [0.1, 0.15) is 37.9 Å². The molecule has 0 fully saturated rings. The highest BCUT2D eigenvalue weighted by Gasteiger charge is 2.19. The van der Waals surface area contributed by atoms with Crippen molar-refractivity contribution in [1.82, 2.24) is 15.2 Å². The zero-order valence-corrected chi connectivity index (χ0v) is 14.8. The maximum Gasteiger partial charge on any atom is 0.266 e. The highest BCUT2D eigenvalue weighted by atomic mass is 16.5. The van der Waals surface area contributed by atoms with E-state index in [1.54, 1.807) is 6.92 Å². The number of carbonyl (C=O) groups is 1. The Morgan fingerprint density at radius 1 is 1.16 bits per heavy atom. The SMILES string of the molecule is Cc1ccc2c(NC(=O)C(C)Oc3ccccc3C(C)C)n[nH]c2n1. The second kappa shape index (κ2) is 6.93. The maximum atomic E-state index is 12.5. The number of fused-ring (bicyclic) bond motifs is 1. The first-order valence-electron chi connectivity index (χ1n) is 8.34. The van der Waals surface area contributed by atoms with E-state index in [1.165, 1.54) is 0 Å². The van der Waals surface area contributed by atoms with Gasteiger partial charge in [0.25, 0.3) is 5.91 Å². The monoisotopic (exact) mass is 338 g/mol. The zero-order valence-electron chi connectivity index (χ0n) is 14.8. The van der Waals surface area contributed by atoms with Crippen LogP contribution in [-0.4, -0.2) is 27.2 Å². The van der Waals surface area contributed by atoms with E-state index in [4.69, 9.17) is 4.74 Å². The minimum atomic E-state index is -0.648. The highest BCUT2D eigenvalue weighted by Crippen LogP contribution is 2.27.